The average molecular weight is 418 g/mol. The van der Waals surface area contributed by atoms with Gasteiger partial charge >= 0.3 is 5.97 Å². The van der Waals surface area contributed by atoms with Crippen LogP contribution in [-0.4, -0.2) is 35.6 Å². The molecule has 31 heavy (non-hydrogen) atoms. The molecule has 3 aliphatic carbocycles. The maximum atomic E-state index is 12.8. The van der Waals surface area contributed by atoms with Gasteiger partial charge in [-0.2, -0.15) is 10.1 Å². The SMILES string of the molecule is CCOC(=O)c1cccc(-c2ccc(/C=N/N3C(=O)C4C5C=CC(CC5)C4C3=O)o2)c1. The summed E-state index contributed by atoms with van der Waals surface area (Å²) in [6.07, 6.45) is 7.45. The van der Waals surface area contributed by atoms with Gasteiger partial charge < -0.3 is 9.15 Å². The van der Waals surface area contributed by atoms with E-state index in [1.807, 2.05) is 6.07 Å². The Morgan fingerprint density at radius 2 is 1.84 bits per heavy atom. The van der Waals surface area contributed by atoms with Crippen LogP contribution in [0.15, 0.2) is 58.1 Å². The molecule has 1 aromatic carbocycles. The fourth-order valence-electron chi connectivity index (χ4n) is 4.88. The Morgan fingerprint density at radius 3 is 2.48 bits per heavy atom. The lowest BCUT2D eigenvalue weighted by atomic mass is 9.63. The number of furan rings is 1. The van der Waals surface area contributed by atoms with E-state index >= 15 is 0 Å². The first kappa shape index (κ1) is 19.5. The number of imide groups is 1. The second-order valence-electron chi connectivity index (χ2n) is 8.08. The first-order valence-electron chi connectivity index (χ1n) is 10.5. The lowest BCUT2D eigenvalue weighted by Crippen LogP contribution is -2.38. The average Bonchev–Trinajstić information content (AvgIpc) is 3.38. The Bertz CT molecular complexity index is 1080. The molecular weight excluding hydrogens is 396 g/mol. The van der Waals surface area contributed by atoms with E-state index < -0.39 is 5.97 Å². The monoisotopic (exact) mass is 418 g/mol. The Kier molecular flexibility index (Phi) is 4.81. The minimum Gasteiger partial charge on any atom is -0.462 e. The maximum Gasteiger partial charge on any atom is 0.338 e. The number of rotatable bonds is 5. The van der Waals surface area contributed by atoms with Crippen LogP contribution in [0, 0.1) is 23.7 Å². The van der Waals surface area contributed by atoms with Gasteiger partial charge in [0.1, 0.15) is 11.5 Å². The maximum absolute atomic E-state index is 12.8. The van der Waals surface area contributed by atoms with E-state index in [-0.39, 0.29) is 35.5 Å². The molecule has 0 N–H and O–H groups in total. The first-order valence-corrected chi connectivity index (χ1v) is 10.5. The summed E-state index contributed by atoms with van der Waals surface area (Å²) in [5, 5.41) is 5.18. The molecule has 4 unspecified atom stereocenters. The number of amides is 2. The third kappa shape index (κ3) is 3.30. The quantitative estimate of drug-likeness (QED) is 0.320. The highest BCUT2D eigenvalue weighted by atomic mass is 16.5. The lowest BCUT2D eigenvalue weighted by Gasteiger charge is -2.37. The van der Waals surface area contributed by atoms with E-state index in [4.69, 9.17) is 9.15 Å². The number of benzene rings is 1. The number of hydrazone groups is 1. The number of nitrogens with zero attached hydrogens (tertiary/aromatic N) is 2. The zero-order valence-corrected chi connectivity index (χ0v) is 17.1. The molecule has 7 heteroatoms. The largest absolute Gasteiger partial charge is 0.462 e. The minimum atomic E-state index is -0.395. The Hall–Kier alpha value is -3.48. The molecule has 2 bridgehead atoms. The van der Waals surface area contributed by atoms with Crippen LogP contribution >= 0.6 is 0 Å². The molecule has 0 radical (unpaired) electrons. The first-order chi connectivity index (χ1) is 15.1. The van der Waals surface area contributed by atoms with E-state index in [9.17, 15) is 14.4 Å². The third-order valence-corrected chi connectivity index (χ3v) is 6.32. The fourth-order valence-corrected chi connectivity index (χ4v) is 4.88. The van der Waals surface area contributed by atoms with Crippen LogP contribution in [0.1, 0.15) is 35.9 Å². The van der Waals surface area contributed by atoms with Crippen molar-refractivity contribution in [3.05, 3.63) is 59.9 Å². The summed E-state index contributed by atoms with van der Waals surface area (Å²) >= 11 is 0. The standard InChI is InChI=1S/C24H22N2O5/c1-2-30-24(29)17-5-3-4-16(12-17)19-11-10-18(31-19)13-25-26-22(27)20-14-6-7-15(9-8-14)21(20)23(26)28/h3-7,10-15,20-21H,2,8-9H2,1H3/b25-13+. The molecule has 2 amide bonds. The molecule has 1 aromatic heterocycles. The molecule has 7 nitrogen and oxygen atoms in total. The molecule has 2 aromatic rings. The summed E-state index contributed by atoms with van der Waals surface area (Å²) in [6.45, 7) is 2.06. The predicted molar refractivity (Wildman–Crippen MR) is 112 cm³/mol. The van der Waals surface area contributed by atoms with Crippen molar-refractivity contribution in [2.45, 2.75) is 19.8 Å². The van der Waals surface area contributed by atoms with Gasteiger partial charge in [-0.25, -0.2) is 4.79 Å². The van der Waals surface area contributed by atoms with Gasteiger partial charge in [0, 0.05) is 5.56 Å². The number of ether oxygens (including phenoxy) is 1. The summed E-state index contributed by atoms with van der Waals surface area (Å²) in [5.74, 6) is -0.192. The molecule has 1 saturated carbocycles. The highest BCUT2D eigenvalue weighted by Crippen LogP contribution is 2.49. The van der Waals surface area contributed by atoms with E-state index in [2.05, 4.69) is 17.3 Å². The number of fused-ring (bicyclic) bond motifs is 1. The van der Waals surface area contributed by atoms with Crippen molar-refractivity contribution in [1.82, 2.24) is 5.01 Å². The van der Waals surface area contributed by atoms with Gasteiger partial charge in [0.2, 0.25) is 0 Å². The normalized spacial score (nSPS) is 26.7. The second kappa shape index (κ2) is 7.65. The van der Waals surface area contributed by atoms with Gasteiger partial charge in [0.25, 0.3) is 11.8 Å². The van der Waals surface area contributed by atoms with Crippen LogP contribution in [0.2, 0.25) is 0 Å². The Balaban J connectivity index is 1.34. The molecule has 1 aliphatic heterocycles. The van der Waals surface area contributed by atoms with Crippen molar-refractivity contribution >= 4 is 24.0 Å². The Morgan fingerprint density at radius 1 is 1.13 bits per heavy atom. The number of esters is 1. The fraction of sp³-hybridized carbons (Fsp3) is 0.333. The van der Waals surface area contributed by atoms with E-state index in [0.717, 1.165) is 17.9 Å². The van der Waals surface area contributed by atoms with Gasteiger partial charge in [0.15, 0.2) is 0 Å². The molecule has 2 heterocycles. The van der Waals surface area contributed by atoms with Crippen molar-refractivity contribution < 1.29 is 23.5 Å². The summed E-state index contributed by atoms with van der Waals surface area (Å²) in [6, 6.07) is 10.4. The molecule has 4 atom stereocenters. The zero-order chi connectivity index (χ0) is 21.5. The van der Waals surface area contributed by atoms with Gasteiger partial charge in [-0.3, -0.25) is 9.59 Å². The number of hydrogen-bond donors (Lipinski definition) is 0. The number of carbonyl (C=O) groups excluding carboxylic acids is 3. The van der Waals surface area contributed by atoms with Crippen molar-refractivity contribution in [3.8, 4) is 11.3 Å². The highest BCUT2D eigenvalue weighted by molar-refractivity contribution is 6.06. The minimum absolute atomic E-state index is 0.133. The van der Waals surface area contributed by atoms with E-state index in [1.165, 1.54) is 6.21 Å². The van der Waals surface area contributed by atoms with E-state index in [0.29, 0.717) is 29.3 Å². The highest BCUT2D eigenvalue weighted by Gasteiger charge is 2.56. The molecule has 0 spiro atoms. The predicted octanol–water partition coefficient (Wildman–Crippen LogP) is 3.65. The summed E-state index contributed by atoms with van der Waals surface area (Å²) in [5.41, 5.74) is 1.15. The molecule has 158 valence electrons. The van der Waals surface area contributed by atoms with Gasteiger partial charge in [-0.15, -0.1) is 0 Å². The molecular formula is C24H22N2O5. The van der Waals surface area contributed by atoms with Crippen LogP contribution < -0.4 is 0 Å². The van der Waals surface area contributed by atoms with Crippen molar-refractivity contribution in [3.63, 3.8) is 0 Å². The lowest BCUT2D eigenvalue weighted by molar-refractivity contribution is -0.140. The smallest absolute Gasteiger partial charge is 0.338 e. The van der Waals surface area contributed by atoms with Crippen LogP contribution in [0.5, 0.6) is 0 Å². The van der Waals surface area contributed by atoms with Crippen LogP contribution in [0.4, 0.5) is 0 Å². The zero-order valence-electron chi connectivity index (χ0n) is 17.1. The van der Waals surface area contributed by atoms with Gasteiger partial charge in [-0.1, -0.05) is 24.3 Å². The van der Waals surface area contributed by atoms with Crippen LogP contribution in [0.3, 0.4) is 0 Å². The molecule has 6 rings (SSSR count). The van der Waals surface area contributed by atoms with Gasteiger partial charge in [-0.05, 0) is 55.9 Å². The number of allylic oxidation sites excluding steroid dienone is 2. The van der Waals surface area contributed by atoms with Gasteiger partial charge in [0.05, 0.1) is 30.2 Å². The van der Waals surface area contributed by atoms with Crippen molar-refractivity contribution in [2.24, 2.45) is 28.8 Å². The van der Waals surface area contributed by atoms with Crippen LogP contribution in [0.25, 0.3) is 11.3 Å². The van der Waals surface area contributed by atoms with E-state index in [1.54, 1.807) is 37.3 Å². The van der Waals surface area contributed by atoms with Crippen LogP contribution in [-0.2, 0) is 14.3 Å². The molecule has 4 aliphatic rings. The second-order valence-corrected chi connectivity index (χ2v) is 8.08. The Labute approximate surface area is 179 Å². The number of carbonyl (C=O) groups is 3. The topological polar surface area (TPSA) is 89.2 Å². The molecule has 1 saturated heterocycles. The summed E-state index contributed by atoms with van der Waals surface area (Å²) in [4.78, 5) is 37.6. The number of hydrogen-bond acceptors (Lipinski definition) is 6. The van der Waals surface area contributed by atoms with Crippen molar-refractivity contribution in [1.29, 1.82) is 0 Å². The molecule has 2 fully saturated rings. The third-order valence-electron chi connectivity index (χ3n) is 6.32. The summed E-state index contributed by atoms with van der Waals surface area (Å²) < 4.78 is 10.8. The summed E-state index contributed by atoms with van der Waals surface area (Å²) in [7, 11) is 0. The van der Waals surface area contributed by atoms with Crippen molar-refractivity contribution in [2.75, 3.05) is 6.61 Å².